The number of non-ortho nitro benzene ring substituents is 1. The van der Waals surface area contributed by atoms with Gasteiger partial charge in [-0.2, -0.15) is 0 Å². The number of carbonyl (C=O) groups excluding carboxylic acids is 3. The fourth-order valence-corrected chi connectivity index (χ4v) is 5.85. The van der Waals surface area contributed by atoms with E-state index in [9.17, 15) is 24.5 Å². The van der Waals surface area contributed by atoms with Crippen LogP contribution in [0.4, 0.5) is 16.2 Å². The van der Waals surface area contributed by atoms with E-state index in [2.05, 4.69) is 37.2 Å². The van der Waals surface area contributed by atoms with E-state index in [4.69, 9.17) is 14.2 Å². The van der Waals surface area contributed by atoms with Crippen molar-refractivity contribution in [2.24, 2.45) is 0 Å². The topological polar surface area (TPSA) is 137 Å². The third kappa shape index (κ3) is 7.21. The number of nitrogens with zero attached hydrogens (tertiary/aromatic N) is 2. The fourth-order valence-electron chi connectivity index (χ4n) is 4.39. The van der Waals surface area contributed by atoms with Crippen LogP contribution in [0.5, 0.6) is 17.2 Å². The molecule has 13 heteroatoms. The number of benzene rings is 4. The van der Waals surface area contributed by atoms with Crippen molar-refractivity contribution < 1.29 is 33.5 Å². The summed E-state index contributed by atoms with van der Waals surface area (Å²) in [6.45, 7) is 0.592. The van der Waals surface area contributed by atoms with E-state index in [1.165, 1.54) is 18.2 Å². The van der Waals surface area contributed by atoms with Crippen LogP contribution >= 0.6 is 31.9 Å². The van der Waals surface area contributed by atoms with Gasteiger partial charge in [0, 0.05) is 12.1 Å². The monoisotopic (exact) mass is 735 g/mol. The van der Waals surface area contributed by atoms with Gasteiger partial charge in [-0.15, -0.1) is 0 Å². The number of urea groups is 1. The van der Waals surface area contributed by atoms with Gasteiger partial charge in [0.15, 0.2) is 11.5 Å². The normalized spacial score (nSPS) is 13.9. The van der Waals surface area contributed by atoms with Crippen molar-refractivity contribution >= 4 is 67.2 Å². The number of barbiturate groups is 1. The summed E-state index contributed by atoms with van der Waals surface area (Å²) in [4.78, 5) is 49.5. The smallest absolute Gasteiger partial charge is 0.335 e. The molecule has 45 heavy (non-hydrogen) atoms. The summed E-state index contributed by atoms with van der Waals surface area (Å²) < 4.78 is 18.6. The Balaban J connectivity index is 1.31. The zero-order valence-electron chi connectivity index (χ0n) is 23.5. The highest BCUT2D eigenvalue weighted by Gasteiger charge is 2.37. The second-order valence-corrected chi connectivity index (χ2v) is 11.3. The molecule has 0 radical (unpaired) electrons. The van der Waals surface area contributed by atoms with Crippen LogP contribution in [0.3, 0.4) is 0 Å². The highest BCUT2D eigenvalue weighted by molar-refractivity contribution is 9.11. The number of nitro groups is 1. The Morgan fingerprint density at radius 2 is 1.51 bits per heavy atom. The van der Waals surface area contributed by atoms with Crippen LogP contribution < -0.4 is 24.4 Å². The van der Waals surface area contributed by atoms with Gasteiger partial charge < -0.3 is 14.2 Å². The summed E-state index contributed by atoms with van der Waals surface area (Å²) in [5.74, 6) is -0.123. The molecule has 228 valence electrons. The van der Waals surface area contributed by atoms with Gasteiger partial charge in [-0.05, 0) is 91.0 Å². The van der Waals surface area contributed by atoms with Gasteiger partial charge >= 0.3 is 6.03 Å². The Labute approximate surface area is 273 Å². The summed E-state index contributed by atoms with van der Waals surface area (Å²) in [6, 6.07) is 22.5. The SMILES string of the molecule is COc1cc(COc2c(Br)cc(/C=C3/C(=O)NC(=O)N(c4ccc([N+](=O)[O-])cc4)C3=O)cc2Br)ccc1OCc1ccccc1. The largest absolute Gasteiger partial charge is 0.493 e. The summed E-state index contributed by atoms with van der Waals surface area (Å²) in [5, 5.41) is 13.1. The number of ether oxygens (including phenoxy) is 3. The Morgan fingerprint density at radius 1 is 0.844 bits per heavy atom. The van der Waals surface area contributed by atoms with E-state index in [1.54, 1.807) is 19.2 Å². The van der Waals surface area contributed by atoms with E-state index >= 15 is 0 Å². The summed E-state index contributed by atoms with van der Waals surface area (Å²) in [5.41, 5.74) is 1.87. The lowest BCUT2D eigenvalue weighted by atomic mass is 10.1. The zero-order valence-corrected chi connectivity index (χ0v) is 26.7. The molecule has 4 aromatic carbocycles. The van der Waals surface area contributed by atoms with Crippen molar-refractivity contribution in [1.82, 2.24) is 5.32 Å². The van der Waals surface area contributed by atoms with Crippen molar-refractivity contribution in [2.75, 3.05) is 12.0 Å². The van der Waals surface area contributed by atoms with Crippen LogP contribution in [-0.2, 0) is 22.8 Å². The zero-order chi connectivity index (χ0) is 32.1. The summed E-state index contributed by atoms with van der Waals surface area (Å²) >= 11 is 6.98. The first-order valence-corrected chi connectivity index (χ1v) is 14.8. The number of nitrogens with one attached hydrogen (secondary N) is 1. The molecule has 1 N–H and O–H groups in total. The first-order valence-electron chi connectivity index (χ1n) is 13.3. The van der Waals surface area contributed by atoms with E-state index in [1.807, 2.05) is 48.5 Å². The number of nitro benzene ring substituents is 1. The number of amides is 4. The average Bonchev–Trinajstić information content (AvgIpc) is 3.02. The number of carbonyl (C=O) groups is 3. The molecular weight excluding hydrogens is 714 g/mol. The Bertz CT molecular complexity index is 1810. The van der Waals surface area contributed by atoms with E-state index in [0.29, 0.717) is 38.4 Å². The molecule has 0 atom stereocenters. The number of rotatable bonds is 10. The van der Waals surface area contributed by atoms with Crippen molar-refractivity contribution in [3.63, 3.8) is 0 Å². The summed E-state index contributed by atoms with van der Waals surface area (Å²) in [7, 11) is 1.56. The van der Waals surface area contributed by atoms with Crippen molar-refractivity contribution in [1.29, 1.82) is 0 Å². The molecule has 0 saturated carbocycles. The number of halogens is 2. The first kappa shape index (κ1) is 31.4. The molecule has 0 unspecified atom stereocenters. The molecule has 5 rings (SSSR count). The lowest BCUT2D eigenvalue weighted by molar-refractivity contribution is -0.384. The van der Waals surface area contributed by atoms with Gasteiger partial charge in [0.2, 0.25) is 0 Å². The maximum absolute atomic E-state index is 13.2. The highest BCUT2D eigenvalue weighted by Crippen LogP contribution is 2.37. The molecule has 1 heterocycles. The van der Waals surface area contributed by atoms with E-state index in [-0.39, 0.29) is 23.6 Å². The third-order valence-corrected chi connectivity index (χ3v) is 7.78. The third-order valence-electron chi connectivity index (χ3n) is 6.60. The van der Waals surface area contributed by atoms with Crippen molar-refractivity contribution in [3.05, 3.63) is 126 Å². The number of imide groups is 2. The molecule has 1 aliphatic rings. The van der Waals surface area contributed by atoms with E-state index < -0.39 is 22.8 Å². The van der Waals surface area contributed by atoms with Gasteiger partial charge in [-0.3, -0.25) is 25.0 Å². The van der Waals surface area contributed by atoms with Crippen LogP contribution in [0.2, 0.25) is 0 Å². The van der Waals surface area contributed by atoms with Gasteiger partial charge in [0.1, 0.15) is 24.5 Å². The van der Waals surface area contributed by atoms with Gasteiger partial charge in [-0.1, -0.05) is 36.4 Å². The number of anilines is 1. The lowest BCUT2D eigenvalue weighted by Gasteiger charge is -2.26. The van der Waals surface area contributed by atoms with Crippen LogP contribution in [0.25, 0.3) is 6.08 Å². The number of hydrogen-bond acceptors (Lipinski definition) is 8. The first-order chi connectivity index (χ1) is 21.6. The van der Waals surface area contributed by atoms with Gasteiger partial charge in [0.25, 0.3) is 17.5 Å². The predicted octanol–water partition coefficient (Wildman–Crippen LogP) is 6.95. The molecule has 4 amide bonds. The number of methoxy groups -OCH3 is 1. The maximum atomic E-state index is 13.2. The molecule has 4 aromatic rings. The Morgan fingerprint density at radius 3 is 2.16 bits per heavy atom. The van der Waals surface area contributed by atoms with E-state index in [0.717, 1.165) is 28.2 Å². The number of hydrogen-bond donors (Lipinski definition) is 1. The Kier molecular flexibility index (Phi) is 9.59. The van der Waals surface area contributed by atoms with Gasteiger partial charge in [0.05, 0.1) is 26.7 Å². The average molecular weight is 737 g/mol. The summed E-state index contributed by atoms with van der Waals surface area (Å²) in [6.07, 6.45) is 1.33. The molecular formula is C32H23Br2N3O8. The molecule has 1 aliphatic heterocycles. The minimum atomic E-state index is -0.963. The fraction of sp³-hybridized carbons (Fsp3) is 0.0938. The lowest BCUT2D eigenvalue weighted by Crippen LogP contribution is -2.54. The second kappa shape index (κ2) is 13.7. The molecule has 0 aromatic heterocycles. The maximum Gasteiger partial charge on any atom is 0.335 e. The van der Waals surface area contributed by atoms with Crippen LogP contribution in [0, 0.1) is 10.1 Å². The minimum absolute atomic E-state index is 0.0695. The minimum Gasteiger partial charge on any atom is -0.493 e. The highest BCUT2D eigenvalue weighted by atomic mass is 79.9. The molecule has 1 fully saturated rings. The quantitative estimate of drug-likeness (QED) is 0.0799. The van der Waals surface area contributed by atoms with Crippen molar-refractivity contribution in [3.8, 4) is 17.2 Å². The predicted molar refractivity (Wildman–Crippen MR) is 172 cm³/mol. The molecule has 0 spiro atoms. The second-order valence-electron chi connectivity index (χ2n) is 9.59. The van der Waals surface area contributed by atoms with Crippen molar-refractivity contribution in [2.45, 2.75) is 13.2 Å². The molecule has 11 nitrogen and oxygen atoms in total. The standard InChI is InChI=1S/C32H23Br2N3O8/c1-43-28-16-20(7-12-27(28)44-17-19-5-3-2-4-6-19)18-45-29-25(33)14-21(15-26(29)34)13-24-30(38)35-32(40)36(31(24)39)22-8-10-23(11-9-22)37(41)42/h2-16H,17-18H2,1H3,(H,35,38,40)/b24-13-. The molecule has 1 saturated heterocycles. The molecule has 0 bridgehead atoms. The van der Waals surface area contributed by atoms with Gasteiger partial charge in [-0.25, -0.2) is 9.69 Å². The van der Waals surface area contributed by atoms with Crippen LogP contribution in [0.1, 0.15) is 16.7 Å². The van der Waals surface area contributed by atoms with Crippen LogP contribution in [0.15, 0.2) is 99.4 Å². The Hall–Kier alpha value is -5.01. The molecule has 0 aliphatic carbocycles. The van der Waals surface area contributed by atoms with Crippen LogP contribution in [-0.4, -0.2) is 29.9 Å².